The molecule has 28 heavy (non-hydrogen) atoms. The van der Waals surface area contributed by atoms with Crippen LogP contribution in [0.4, 0.5) is 0 Å². The van der Waals surface area contributed by atoms with Crippen molar-refractivity contribution in [2.45, 2.75) is 50.8 Å². The van der Waals surface area contributed by atoms with Crippen LogP contribution in [0.3, 0.4) is 0 Å². The molecule has 2 aromatic heterocycles. The molecule has 0 N–H and O–H groups in total. The van der Waals surface area contributed by atoms with E-state index in [0.29, 0.717) is 22.6 Å². The first-order valence-electron chi connectivity index (χ1n) is 9.67. The summed E-state index contributed by atoms with van der Waals surface area (Å²) in [5.41, 5.74) is 1.53. The molecule has 2 fully saturated rings. The number of aromatic nitrogens is 2. The number of fused-ring (bicyclic) bond motifs is 3. The number of hydrogen-bond donors (Lipinski definition) is 0. The van der Waals surface area contributed by atoms with E-state index in [0.717, 1.165) is 33.6 Å². The van der Waals surface area contributed by atoms with Gasteiger partial charge in [0.15, 0.2) is 0 Å². The van der Waals surface area contributed by atoms with Crippen molar-refractivity contribution in [1.29, 1.82) is 0 Å². The highest BCUT2D eigenvalue weighted by Crippen LogP contribution is 2.36. The van der Waals surface area contributed by atoms with Gasteiger partial charge < -0.3 is 9.64 Å². The number of benzene rings is 1. The van der Waals surface area contributed by atoms with Gasteiger partial charge >= 0.3 is 0 Å². The normalized spacial score (nSPS) is 24.8. The summed E-state index contributed by atoms with van der Waals surface area (Å²) in [5.74, 6) is 1.56. The quantitative estimate of drug-likeness (QED) is 0.577. The van der Waals surface area contributed by atoms with Gasteiger partial charge in [0, 0.05) is 12.1 Å². The van der Waals surface area contributed by atoms with Crippen molar-refractivity contribution in [2.75, 3.05) is 7.05 Å². The third-order valence-electron chi connectivity index (χ3n) is 6.14. The molecule has 5 nitrogen and oxygen atoms in total. The Bertz CT molecular complexity index is 1080. The Hall–Kier alpha value is -1.70. The minimum absolute atomic E-state index is 0.0289. The molecule has 0 saturated carbocycles. The van der Waals surface area contributed by atoms with Gasteiger partial charge in [0.1, 0.15) is 22.4 Å². The van der Waals surface area contributed by atoms with Crippen molar-refractivity contribution in [3.63, 3.8) is 0 Å². The van der Waals surface area contributed by atoms with Crippen LogP contribution in [0.25, 0.3) is 15.9 Å². The molecule has 2 aliphatic rings. The Balaban J connectivity index is 1.40. The van der Waals surface area contributed by atoms with Crippen molar-refractivity contribution in [1.82, 2.24) is 14.5 Å². The molecule has 0 unspecified atom stereocenters. The summed E-state index contributed by atoms with van der Waals surface area (Å²) >= 11 is 4.87. The van der Waals surface area contributed by atoms with Gasteiger partial charge in [-0.1, -0.05) is 0 Å². The Labute approximate surface area is 176 Å². The maximum absolute atomic E-state index is 13.0. The molecule has 4 heterocycles. The van der Waals surface area contributed by atoms with E-state index in [2.05, 4.69) is 32.9 Å². The maximum Gasteiger partial charge on any atom is 0.276 e. The largest absolute Gasteiger partial charge is 0.490 e. The molecule has 2 bridgehead atoms. The molecule has 0 radical (unpaired) electrons. The number of ether oxygens (including phenoxy) is 1. The Morgan fingerprint density at radius 3 is 2.54 bits per heavy atom. The van der Waals surface area contributed by atoms with Crippen LogP contribution in [0.15, 0.2) is 38.9 Å². The van der Waals surface area contributed by atoms with Gasteiger partial charge in [0.25, 0.3) is 5.56 Å². The minimum Gasteiger partial charge on any atom is -0.490 e. The van der Waals surface area contributed by atoms with Crippen molar-refractivity contribution in [2.24, 2.45) is 0 Å². The molecule has 7 heteroatoms. The van der Waals surface area contributed by atoms with Gasteiger partial charge in [-0.3, -0.25) is 9.36 Å². The second-order valence-electron chi connectivity index (χ2n) is 7.82. The molecule has 2 aliphatic heterocycles. The van der Waals surface area contributed by atoms with E-state index in [1.165, 1.54) is 24.2 Å². The summed E-state index contributed by atoms with van der Waals surface area (Å²) in [6.07, 6.45) is 5.06. The number of halogens is 1. The first-order valence-corrected chi connectivity index (χ1v) is 11.3. The highest BCUT2D eigenvalue weighted by atomic mass is 79.9. The second kappa shape index (κ2) is 6.97. The van der Waals surface area contributed by atoms with Crippen molar-refractivity contribution in [3.05, 3.63) is 50.3 Å². The molecule has 3 aromatic rings. The van der Waals surface area contributed by atoms with Gasteiger partial charge in [0.05, 0.1) is 15.0 Å². The van der Waals surface area contributed by atoms with Gasteiger partial charge in [-0.05, 0) is 85.9 Å². The molecule has 0 spiro atoms. The van der Waals surface area contributed by atoms with Crippen LogP contribution >= 0.6 is 27.3 Å². The van der Waals surface area contributed by atoms with Crippen LogP contribution in [0.1, 0.15) is 31.5 Å². The number of hydrogen-bond acceptors (Lipinski definition) is 5. The lowest BCUT2D eigenvalue weighted by Gasteiger charge is -2.36. The Kier molecular flexibility index (Phi) is 4.56. The van der Waals surface area contributed by atoms with E-state index in [1.54, 1.807) is 4.57 Å². The zero-order valence-electron chi connectivity index (χ0n) is 15.9. The van der Waals surface area contributed by atoms with E-state index < -0.39 is 0 Å². The average molecular weight is 460 g/mol. The van der Waals surface area contributed by atoms with E-state index >= 15 is 0 Å². The molecule has 0 aliphatic carbocycles. The van der Waals surface area contributed by atoms with Crippen LogP contribution in [-0.2, 0) is 0 Å². The molecule has 3 atom stereocenters. The smallest absolute Gasteiger partial charge is 0.276 e. The predicted molar refractivity (Wildman–Crippen MR) is 116 cm³/mol. The fourth-order valence-corrected chi connectivity index (χ4v) is 6.15. The predicted octanol–water partition coefficient (Wildman–Crippen LogP) is 4.52. The SMILES string of the molecule is Cc1nc2cc(Br)sc2c(=O)n1-c1ccc(O[C@H]2C[C@H]3CC[C@@H](C2)N3C)cc1. The van der Waals surface area contributed by atoms with Crippen LogP contribution < -0.4 is 10.3 Å². The summed E-state index contributed by atoms with van der Waals surface area (Å²) in [6.45, 7) is 1.87. The van der Waals surface area contributed by atoms with Gasteiger partial charge in [-0.15, -0.1) is 11.3 Å². The fraction of sp³-hybridized carbons (Fsp3) is 0.429. The molecular weight excluding hydrogens is 438 g/mol. The molecule has 1 aromatic carbocycles. The molecule has 146 valence electrons. The molecule has 5 rings (SSSR count). The number of piperidine rings is 1. The number of thiophene rings is 1. The summed E-state index contributed by atoms with van der Waals surface area (Å²) < 4.78 is 9.53. The summed E-state index contributed by atoms with van der Waals surface area (Å²) in [7, 11) is 2.24. The van der Waals surface area contributed by atoms with Crippen LogP contribution in [-0.4, -0.2) is 39.7 Å². The Morgan fingerprint density at radius 2 is 1.86 bits per heavy atom. The first-order chi connectivity index (χ1) is 13.5. The molecular formula is C21H22BrN3O2S. The highest BCUT2D eigenvalue weighted by molar-refractivity contribution is 9.11. The first kappa shape index (κ1) is 18.3. The summed E-state index contributed by atoms with van der Waals surface area (Å²) in [4.78, 5) is 20.1. The van der Waals surface area contributed by atoms with E-state index in [1.807, 2.05) is 37.3 Å². The van der Waals surface area contributed by atoms with Crippen LogP contribution in [0.2, 0.25) is 0 Å². The van der Waals surface area contributed by atoms with Gasteiger partial charge in [-0.25, -0.2) is 4.98 Å². The van der Waals surface area contributed by atoms with E-state index in [4.69, 9.17) is 4.74 Å². The standard InChI is InChI=1S/C21H22BrN3O2S/c1-12-23-18-11-19(22)28-20(18)21(26)25(12)13-5-7-16(8-6-13)27-17-9-14-3-4-15(10-17)24(14)2/h5-8,11,14-15,17H,3-4,9-10H2,1-2H3/t14-,15+,17+. The van der Waals surface area contributed by atoms with Crippen molar-refractivity contribution in [3.8, 4) is 11.4 Å². The number of rotatable bonds is 3. The maximum atomic E-state index is 13.0. The number of aryl methyl sites for hydroxylation is 1. The minimum atomic E-state index is -0.0289. The Morgan fingerprint density at radius 1 is 1.18 bits per heavy atom. The van der Waals surface area contributed by atoms with E-state index in [9.17, 15) is 4.79 Å². The molecule has 2 saturated heterocycles. The fourth-order valence-electron chi connectivity index (χ4n) is 4.69. The lowest BCUT2D eigenvalue weighted by atomic mass is 10.0. The second-order valence-corrected chi connectivity index (χ2v) is 10.3. The van der Waals surface area contributed by atoms with Crippen molar-refractivity contribution >= 4 is 37.5 Å². The zero-order valence-corrected chi connectivity index (χ0v) is 18.3. The van der Waals surface area contributed by atoms with Gasteiger partial charge in [-0.2, -0.15) is 0 Å². The topological polar surface area (TPSA) is 47.4 Å². The lowest BCUT2D eigenvalue weighted by molar-refractivity contribution is 0.0662. The van der Waals surface area contributed by atoms with Crippen molar-refractivity contribution < 1.29 is 4.74 Å². The number of nitrogens with zero attached hydrogens (tertiary/aromatic N) is 3. The summed E-state index contributed by atoms with van der Waals surface area (Å²) in [5, 5.41) is 0. The molecule has 0 amide bonds. The van der Waals surface area contributed by atoms with Crippen LogP contribution in [0, 0.1) is 6.92 Å². The zero-order chi connectivity index (χ0) is 19.4. The highest BCUT2D eigenvalue weighted by Gasteiger charge is 2.39. The van der Waals surface area contributed by atoms with E-state index in [-0.39, 0.29) is 11.7 Å². The van der Waals surface area contributed by atoms with Crippen LogP contribution in [0.5, 0.6) is 5.75 Å². The van der Waals surface area contributed by atoms with Gasteiger partial charge in [0.2, 0.25) is 0 Å². The third-order valence-corrected chi connectivity index (χ3v) is 7.75. The average Bonchev–Trinajstić information content (AvgIpc) is 3.11. The lowest BCUT2D eigenvalue weighted by Crippen LogP contribution is -2.43. The monoisotopic (exact) mass is 459 g/mol. The summed E-state index contributed by atoms with van der Waals surface area (Å²) in [6, 6.07) is 11.0. The third kappa shape index (κ3) is 3.09.